The van der Waals surface area contributed by atoms with E-state index in [4.69, 9.17) is 9.47 Å². The largest absolute Gasteiger partial charge is 0.468 e. The summed E-state index contributed by atoms with van der Waals surface area (Å²) in [4.78, 5) is 11.8. The first kappa shape index (κ1) is 14.5. The molecule has 0 amide bonds. The van der Waals surface area contributed by atoms with E-state index >= 15 is 0 Å². The Morgan fingerprint density at radius 1 is 1.47 bits per heavy atom. The van der Waals surface area contributed by atoms with Gasteiger partial charge in [-0.2, -0.15) is 0 Å². The molecule has 1 N–H and O–H groups in total. The van der Waals surface area contributed by atoms with Gasteiger partial charge in [0.1, 0.15) is 6.04 Å². The fourth-order valence-corrected chi connectivity index (χ4v) is 2.39. The van der Waals surface area contributed by atoms with Crippen molar-refractivity contribution < 1.29 is 14.3 Å². The van der Waals surface area contributed by atoms with Gasteiger partial charge < -0.3 is 14.8 Å². The molecule has 2 unspecified atom stereocenters. The Bertz CT molecular complexity index is 223. The first-order valence-electron chi connectivity index (χ1n) is 6.65. The van der Waals surface area contributed by atoms with Gasteiger partial charge in [0.2, 0.25) is 0 Å². The van der Waals surface area contributed by atoms with Gasteiger partial charge in [-0.15, -0.1) is 0 Å². The number of carbonyl (C=O) groups is 1. The third-order valence-corrected chi connectivity index (χ3v) is 3.56. The van der Waals surface area contributed by atoms with Crippen molar-refractivity contribution in [2.24, 2.45) is 5.92 Å². The maximum absolute atomic E-state index is 11.8. The van der Waals surface area contributed by atoms with Gasteiger partial charge in [-0.1, -0.05) is 26.7 Å². The van der Waals surface area contributed by atoms with Crippen LogP contribution in [-0.4, -0.2) is 38.4 Å². The average molecular weight is 243 g/mol. The first-order valence-corrected chi connectivity index (χ1v) is 6.65. The van der Waals surface area contributed by atoms with Crippen molar-refractivity contribution in [3.8, 4) is 0 Å². The Labute approximate surface area is 104 Å². The highest BCUT2D eigenvalue weighted by Gasteiger charge is 2.27. The molecule has 0 bridgehead atoms. The van der Waals surface area contributed by atoms with Crippen LogP contribution in [0, 0.1) is 5.92 Å². The van der Waals surface area contributed by atoms with Crippen LogP contribution in [0.5, 0.6) is 0 Å². The van der Waals surface area contributed by atoms with Gasteiger partial charge in [0, 0.05) is 13.2 Å². The number of nitrogens with one attached hydrogen (secondary N) is 1. The molecule has 0 aliphatic carbocycles. The van der Waals surface area contributed by atoms with E-state index in [1.807, 2.05) is 0 Å². The van der Waals surface area contributed by atoms with Crippen LogP contribution in [0.15, 0.2) is 0 Å². The molecule has 1 saturated heterocycles. The van der Waals surface area contributed by atoms with Crippen LogP contribution in [0.2, 0.25) is 0 Å². The molecule has 1 aliphatic heterocycles. The molecule has 4 heteroatoms. The van der Waals surface area contributed by atoms with E-state index in [9.17, 15) is 4.79 Å². The maximum atomic E-state index is 11.8. The Hall–Kier alpha value is -0.610. The SMILES string of the molecule is CCC(CC)C(NCC1CCCO1)C(=O)OC. The molecule has 0 spiro atoms. The molecular formula is C13H25NO3. The number of hydrogen-bond donors (Lipinski definition) is 1. The molecule has 0 radical (unpaired) electrons. The molecule has 0 saturated carbocycles. The summed E-state index contributed by atoms with van der Waals surface area (Å²) in [5.74, 6) is 0.181. The van der Waals surface area contributed by atoms with E-state index in [1.165, 1.54) is 7.11 Å². The minimum Gasteiger partial charge on any atom is -0.468 e. The predicted molar refractivity (Wildman–Crippen MR) is 66.9 cm³/mol. The van der Waals surface area contributed by atoms with Gasteiger partial charge in [-0.3, -0.25) is 4.79 Å². The number of methoxy groups -OCH3 is 1. The van der Waals surface area contributed by atoms with Gasteiger partial charge in [0.15, 0.2) is 0 Å². The van der Waals surface area contributed by atoms with Crippen LogP contribution in [0.4, 0.5) is 0 Å². The van der Waals surface area contributed by atoms with Crippen LogP contribution < -0.4 is 5.32 Å². The number of carbonyl (C=O) groups excluding carboxylic acids is 1. The molecule has 100 valence electrons. The van der Waals surface area contributed by atoms with E-state index < -0.39 is 0 Å². The quantitative estimate of drug-likeness (QED) is 0.692. The molecular weight excluding hydrogens is 218 g/mol. The van der Waals surface area contributed by atoms with E-state index in [2.05, 4.69) is 19.2 Å². The minimum atomic E-state index is -0.195. The zero-order valence-electron chi connectivity index (χ0n) is 11.2. The van der Waals surface area contributed by atoms with E-state index in [1.54, 1.807) is 0 Å². The molecule has 2 atom stereocenters. The van der Waals surface area contributed by atoms with Crippen LogP contribution in [-0.2, 0) is 14.3 Å². The summed E-state index contributed by atoms with van der Waals surface area (Å²) in [7, 11) is 1.45. The zero-order chi connectivity index (χ0) is 12.7. The van der Waals surface area contributed by atoms with Crippen LogP contribution in [0.25, 0.3) is 0 Å². The Balaban J connectivity index is 2.46. The van der Waals surface area contributed by atoms with Crippen molar-refractivity contribution in [3.63, 3.8) is 0 Å². The molecule has 1 aliphatic rings. The van der Waals surface area contributed by atoms with Gasteiger partial charge in [0.05, 0.1) is 13.2 Å². The Morgan fingerprint density at radius 3 is 2.65 bits per heavy atom. The molecule has 0 aromatic carbocycles. The highest BCUT2D eigenvalue weighted by molar-refractivity contribution is 5.76. The maximum Gasteiger partial charge on any atom is 0.323 e. The number of hydrogen-bond acceptors (Lipinski definition) is 4. The Kier molecular flexibility index (Phi) is 6.52. The van der Waals surface area contributed by atoms with E-state index in [0.717, 1.165) is 38.8 Å². The fourth-order valence-electron chi connectivity index (χ4n) is 2.39. The molecule has 0 aromatic heterocycles. The van der Waals surface area contributed by atoms with Crippen LogP contribution in [0.3, 0.4) is 0 Å². The number of rotatable bonds is 7. The second-order valence-corrected chi connectivity index (χ2v) is 4.62. The van der Waals surface area contributed by atoms with Crippen molar-refractivity contribution >= 4 is 5.97 Å². The van der Waals surface area contributed by atoms with Crippen molar-refractivity contribution in [2.75, 3.05) is 20.3 Å². The summed E-state index contributed by atoms with van der Waals surface area (Å²) in [6.07, 6.45) is 4.43. The number of ether oxygens (including phenoxy) is 2. The van der Waals surface area contributed by atoms with Gasteiger partial charge in [0.25, 0.3) is 0 Å². The van der Waals surface area contributed by atoms with Crippen LogP contribution >= 0.6 is 0 Å². The first-order chi connectivity index (χ1) is 8.22. The summed E-state index contributed by atoms with van der Waals surface area (Å²) >= 11 is 0. The van der Waals surface area contributed by atoms with Crippen molar-refractivity contribution in [3.05, 3.63) is 0 Å². The summed E-state index contributed by atoms with van der Waals surface area (Å²) in [6, 6.07) is -0.195. The lowest BCUT2D eigenvalue weighted by Crippen LogP contribution is -2.46. The normalized spacial score (nSPS) is 21.8. The van der Waals surface area contributed by atoms with E-state index in [-0.39, 0.29) is 18.1 Å². The standard InChI is InChI=1S/C13H25NO3/c1-4-10(5-2)12(13(15)16-3)14-9-11-7-6-8-17-11/h10-12,14H,4-9H2,1-3H3. The molecule has 17 heavy (non-hydrogen) atoms. The lowest BCUT2D eigenvalue weighted by atomic mass is 9.94. The molecule has 1 fully saturated rings. The predicted octanol–water partition coefficient (Wildman–Crippen LogP) is 1.73. The summed E-state index contributed by atoms with van der Waals surface area (Å²) in [5, 5.41) is 3.31. The summed E-state index contributed by atoms with van der Waals surface area (Å²) in [5.41, 5.74) is 0. The van der Waals surface area contributed by atoms with Gasteiger partial charge in [-0.25, -0.2) is 0 Å². The van der Waals surface area contributed by atoms with Crippen molar-refractivity contribution in [1.29, 1.82) is 0 Å². The molecule has 0 aromatic rings. The lowest BCUT2D eigenvalue weighted by Gasteiger charge is -2.25. The average Bonchev–Trinajstić information content (AvgIpc) is 2.86. The summed E-state index contributed by atoms with van der Waals surface area (Å²) in [6.45, 7) is 5.81. The topological polar surface area (TPSA) is 47.6 Å². The molecule has 1 rings (SSSR count). The van der Waals surface area contributed by atoms with Gasteiger partial charge >= 0.3 is 5.97 Å². The molecule has 4 nitrogen and oxygen atoms in total. The minimum absolute atomic E-state index is 0.156. The zero-order valence-corrected chi connectivity index (χ0v) is 11.2. The monoisotopic (exact) mass is 243 g/mol. The third-order valence-electron chi connectivity index (χ3n) is 3.56. The smallest absolute Gasteiger partial charge is 0.323 e. The van der Waals surface area contributed by atoms with Gasteiger partial charge in [-0.05, 0) is 18.8 Å². The second kappa shape index (κ2) is 7.67. The van der Waals surface area contributed by atoms with Crippen molar-refractivity contribution in [1.82, 2.24) is 5.32 Å². The Morgan fingerprint density at radius 2 is 2.18 bits per heavy atom. The summed E-state index contributed by atoms with van der Waals surface area (Å²) < 4.78 is 10.4. The lowest BCUT2D eigenvalue weighted by molar-refractivity contribution is -0.144. The highest BCUT2D eigenvalue weighted by atomic mass is 16.5. The second-order valence-electron chi connectivity index (χ2n) is 4.62. The van der Waals surface area contributed by atoms with E-state index in [0.29, 0.717) is 5.92 Å². The van der Waals surface area contributed by atoms with Crippen molar-refractivity contribution in [2.45, 2.75) is 51.7 Å². The van der Waals surface area contributed by atoms with Crippen LogP contribution in [0.1, 0.15) is 39.5 Å². The third kappa shape index (κ3) is 4.28. The fraction of sp³-hybridized carbons (Fsp3) is 0.923. The molecule has 1 heterocycles. The number of esters is 1. The highest BCUT2D eigenvalue weighted by Crippen LogP contribution is 2.16.